The molecule has 6 heteroatoms. The summed E-state index contributed by atoms with van der Waals surface area (Å²) < 4.78 is 10.5. The van der Waals surface area contributed by atoms with Crippen LogP contribution in [0.5, 0.6) is 5.75 Å². The van der Waals surface area contributed by atoms with Gasteiger partial charge in [0.25, 0.3) is 5.91 Å². The molecule has 0 aliphatic carbocycles. The van der Waals surface area contributed by atoms with Gasteiger partial charge >= 0.3 is 5.97 Å². The van der Waals surface area contributed by atoms with Gasteiger partial charge in [-0.1, -0.05) is 30.3 Å². The minimum atomic E-state index is -0.429. The molecule has 25 heavy (non-hydrogen) atoms. The Balaban J connectivity index is 1.78. The van der Waals surface area contributed by atoms with E-state index in [2.05, 4.69) is 5.32 Å². The predicted molar refractivity (Wildman–Crippen MR) is 99.1 cm³/mol. The summed E-state index contributed by atoms with van der Waals surface area (Å²) in [6.07, 6.45) is 0. The van der Waals surface area contributed by atoms with Gasteiger partial charge in [-0.25, -0.2) is 0 Å². The van der Waals surface area contributed by atoms with Crippen molar-refractivity contribution >= 4 is 29.3 Å². The van der Waals surface area contributed by atoms with Crippen LogP contribution in [0.3, 0.4) is 0 Å². The number of thioether (sulfide) groups is 1. The number of anilines is 1. The highest BCUT2D eigenvalue weighted by Gasteiger charge is 2.11. The molecule has 0 spiro atoms. The molecule has 2 aromatic rings. The van der Waals surface area contributed by atoms with Gasteiger partial charge in [0.15, 0.2) is 6.61 Å². The topological polar surface area (TPSA) is 64.6 Å². The van der Waals surface area contributed by atoms with Crippen LogP contribution in [0.2, 0.25) is 0 Å². The number of esters is 1. The molecule has 1 N–H and O–H groups in total. The molecule has 0 saturated heterocycles. The number of amides is 1. The Morgan fingerprint density at radius 3 is 2.56 bits per heavy atom. The van der Waals surface area contributed by atoms with Crippen molar-refractivity contribution in [2.24, 2.45) is 0 Å². The van der Waals surface area contributed by atoms with Crippen molar-refractivity contribution in [3.05, 3.63) is 54.1 Å². The maximum Gasteiger partial charge on any atom is 0.316 e. The number of carbonyl (C=O) groups excluding carboxylic acids is 2. The quantitative estimate of drug-likeness (QED) is 0.575. The van der Waals surface area contributed by atoms with Crippen LogP contribution in [0.4, 0.5) is 5.69 Å². The van der Waals surface area contributed by atoms with E-state index < -0.39 is 11.9 Å². The molecular weight excluding hydrogens is 338 g/mol. The fourth-order valence-corrected chi connectivity index (χ4v) is 2.91. The molecule has 132 valence electrons. The zero-order valence-electron chi connectivity index (χ0n) is 14.3. The zero-order chi connectivity index (χ0) is 18.1. The number of hydrogen-bond donors (Lipinski definition) is 1. The highest BCUT2D eigenvalue weighted by Crippen LogP contribution is 2.24. The second-order valence-electron chi connectivity index (χ2n) is 5.19. The summed E-state index contributed by atoms with van der Waals surface area (Å²) in [6.45, 7) is 4.02. The Labute approximate surface area is 151 Å². The van der Waals surface area contributed by atoms with Crippen LogP contribution in [0.1, 0.15) is 12.5 Å². The van der Waals surface area contributed by atoms with E-state index in [0.717, 1.165) is 10.5 Å². The maximum absolute atomic E-state index is 12.0. The second kappa shape index (κ2) is 9.74. The third-order valence-corrected chi connectivity index (χ3v) is 4.41. The van der Waals surface area contributed by atoms with E-state index >= 15 is 0 Å². The average molecular weight is 359 g/mol. The minimum Gasteiger partial charge on any atom is -0.492 e. The largest absolute Gasteiger partial charge is 0.492 e. The molecule has 1 amide bonds. The summed E-state index contributed by atoms with van der Waals surface area (Å²) in [5.74, 6) is -0.0871. The smallest absolute Gasteiger partial charge is 0.316 e. The molecule has 0 aliphatic rings. The van der Waals surface area contributed by atoms with Crippen LogP contribution in [0.25, 0.3) is 0 Å². The van der Waals surface area contributed by atoms with Gasteiger partial charge in [0, 0.05) is 4.90 Å². The van der Waals surface area contributed by atoms with E-state index in [9.17, 15) is 9.59 Å². The molecule has 0 unspecified atom stereocenters. The molecule has 0 atom stereocenters. The fraction of sp³-hybridized carbons (Fsp3) is 0.263. The number of para-hydroxylation sites is 2. The van der Waals surface area contributed by atoms with Gasteiger partial charge in [0.1, 0.15) is 5.75 Å². The van der Waals surface area contributed by atoms with Crippen LogP contribution in [-0.2, 0) is 14.3 Å². The normalized spacial score (nSPS) is 10.2. The van der Waals surface area contributed by atoms with Crippen molar-refractivity contribution in [2.75, 3.05) is 24.3 Å². The second-order valence-corrected chi connectivity index (χ2v) is 6.21. The molecule has 0 heterocycles. The van der Waals surface area contributed by atoms with Gasteiger partial charge in [-0.15, -0.1) is 11.8 Å². The van der Waals surface area contributed by atoms with Crippen LogP contribution in [-0.4, -0.2) is 30.8 Å². The van der Waals surface area contributed by atoms with Gasteiger partial charge in [-0.05, 0) is 37.6 Å². The van der Waals surface area contributed by atoms with Crippen molar-refractivity contribution in [1.82, 2.24) is 0 Å². The lowest BCUT2D eigenvalue weighted by atomic mass is 10.2. The lowest BCUT2D eigenvalue weighted by Crippen LogP contribution is -2.22. The number of ether oxygens (including phenoxy) is 2. The van der Waals surface area contributed by atoms with Crippen LogP contribution in [0.15, 0.2) is 53.4 Å². The lowest BCUT2D eigenvalue weighted by Gasteiger charge is -2.11. The van der Waals surface area contributed by atoms with E-state index in [0.29, 0.717) is 18.0 Å². The van der Waals surface area contributed by atoms with E-state index in [1.807, 2.05) is 44.2 Å². The average Bonchev–Trinajstić information content (AvgIpc) is 2.61. The van der Waals surface area contributed by atoms with E-state index in [4.69, 9.17) is 9.47 Å². The molecule has 2 aromatic carbocycles. The SMILES string of the molecule is CCOc1ccccc1NC(=O)COC(=O)CSc1ccccc1C. The molecule has 2 rings (SSSR count). The number of benzene rings is 2. The first-order chi connectivity index (χ1) is 12.1. The molecule has 0 aliphatic heterocycles. The van der Waals surface area contributed by atoms with Crippen molar-refractivity contribution < 1.29 is 19.1 Å². The van der Waals surface area contributed by atoms with Crippen LogP contribution in [0, 0.1) is 6.92 Å². The lowest BCUT2D eigenvalue weighted by molar-refractivity contribution is -0.144. The molecular formula is C19H21NO4S. The summed E-state index contributed by atoms with van der Waals surface area (Å²) in [4.78, 5) is 24.8. The Kier molecular flexibility index (Phi) is 7.35. The molecule has 0 radical (unpaired) electrons. The Bertz CT molecular complexity index is 733. The van der Waals surface area contributed by atoms with E-state index in [1.165, 1.54) is 11.8 Å². The van der Waals surface area contributed by atoms with Crippen LogP contribution >= 0.6 is 11.8 Å². The maximum atomic E-state index is 12.0. The van der Waals surface area contributed by atoms with Gasteiger partial charge in [-0.2, -0.15) is 0 Å². The van der Waals surface area contributed by atoms with E-state index in [1.54, 1.807) is 18.2 Å². The number of nitrogens with one attached hydrogen (secondary N) is 1. The number of carbonyl (C=O) groups is 2. The summed E-state index contributed by atoms with van der Waals surface area (Å²) in [7, 11) is 0. The molecule has 0 saturated carbocycles. The van der Waals surface area contributed by atoms with Gasteiger partial charge < -0.3 is 14.8 Å². The molecule has 0 bridgehead atoms. The highest BCUT2D eigenvalue weighted by atomic mass is 32.2. The van der Waals surface area contributed by atoms with Gasteiger partial charge in [0.2, 0.25) is 0 Å². The molecule has 0 fully saturated rings. The summed E-state index contributed by atoms with van der Waals surface area (Å²) in [5, 5.41) is 2.69. The highest BCUT2D eigenvalue weighted by molar-refractivity contribution is 8.00. The summed E-state index contributed by atoms with van der Waals surface area (Å²) in [6, 6.07) is 14.9. The number of hydrogen-bond acceptors (Lipinski definition) is 5. The first-order valence-electron chi connectivity index (χ1n) is 7.96. The van der Waals surface area contributed by atoms with Crippen LogP contribution < -0.4 is 10.1 Å². The predicted octanol–water partition coefficient (Wildman–Crippen LogP) is 3.67. The minimum absolute atomic E-state index is 0.160. The third-order valence-electron chi connectivity index (χ3n) is 3.26. The first kappa shape index (κ1) is 18.9. The Morgan fingerprint density at radius 2 is 1.80 bits per heavy atom. The van der Waals surface area contributed by atoms with Crippen molar-refractivity contribution in [3.63, 3.8) is 0 Å². The number of aryl methyl sites for hydroxylation is 1. The van der Waals surface area contributed by atoms with Gasteiger partial charge in [0.05, 0.1) is 18.0 Å². The van der Waals surface area contributed by atoms with Crippen molar-refractivity contribution in [2.45, 2.75) is 18.7 Å². The summed E-state index contributed by atoms with van der Waals surface area (Å²) >= 11 is 1.39. The monoisotopic (exact) mass is 359 g/mol. The van der Waals surface area contributed by atoms with Gasteiger partial charge in [-0.3, -0.25) is 9.59 Å². The summed E-state index contributed by atoms with van der Waals surface area (Å²) in [5.41, 5.74) is 1.66. The third kappa shape index (κ3) is 6.15. The standard InChI is InChI=1S/C19H21NO4S/c1-3-23-16-10-6-5-9-15(16)20-18(21)12-24-19(22)13-25-17-11-7-4-8-14(17)2/h4-11H,3,12-13H2,1-2H3,(H,20,21). The molecule has 5 nitrogen and oxygen atoms in total. The van der Waals surface area contributed by atoms with Crippen molar-refractivity contribution in [1.29, 1.82) is 0 Å². The molecule has 0 aromatic heterocycles. The fourth-order valence-electron chi connectivity index (χ4n) is 2.08. The van der Waals surface area contributed by atoms with Crippen molar-refractivity contribution in [3.8, 4) is 5.75 Å². The van der Waals surface area contributed by atoms with E-state index in [-0.39, 0.29) is 12.4 Å². The Morgan fingerprint density at radius 1 is 1.08 bits per heavy atom. The number of rotatable bonds is 8. The first-order valence-corrected chi connectivity index (χ1v) is 8.94. The zero-order valence-corrected chi connectivity index (χ0v) is 15.1. The Hall–Kier alpha value is -2.47.